The van der Waals surface area contributed by atoms with Crippen LogP contribution >= 0.6 is 0 Å². The maximum absolute atomic E-state index is 12.5. The van der Waals surface area contributed by atoms with Crippen LogP contribution in [-0.2, 0) is 0 Å². The zero-order valence-corrected chi connectivity index (χ0v) is 14.4. The number of nitrogens with zero attached hydrogens (tertiary/aromatic N) is 4. The lowest BCUT2D eigenvalue weighted by atomic mass is 10.1. The Bertz CT molecular complexity index is 514. The van der Waals surface area contributed by atoms with Crippen molar-refractivity contribution in [2.45, 2.75) is 39.2 Å². The van der Waals surface area contributed by atoms with Gasteiger partial charge < -0.3 is 9.80 Å². The zero-order chi connectivity index (χ0) is 16.2. The molecule has 0 aromatic carbocycles. The molecule has 0 radical (unpaired) electrons. The van der Waals surface area contributed by atoms with Gasteiger partial charge in [-0.3, -0.25) is 9.69 Å². The van der Waals surface area contributed by atoms with Crippen molar-refractivity contribution in [1.82, 2.24) is 14.8 Å². The predicted molar refractivity (Wildman–Crippen MR) is 92.9 cm³/mol. The standard InChI is InChI=1S/C18H28N4O/c1-15(2)20-10-12-21(13-11-20)17-7-6-16(14-19-17)18(23)22-8-4-3-5-9-22/h6-7,14-15H,3-5,8-13H2,1-2H3. The molecule has 0 unspecified atom stereocenters. The van der Waals surface area contributed by atoms with Gasteiger partial charge >= 0.3 is 0 Å². The Kier molecular flexibility index (Phi) is 5.16. The molecule has 2 aliphatic rings. The van der Waals surface area contributed by atoms with E-state index in [9.17, 15) is 4.79 Å². The third-order valence-electron chi connectivity index (χ3n) is 5.01. The van der Waals surface area contributed by atoms with Crippen LogP contribution in [0, 0.1) is 0 Å². The maximum Gasteiger partial charge on any atom is 0.255 e. The monoisotopic (exact) mass is 316 g/mol. The second-order valence-corrected chi connectivity index (χ2v) is 6.87. The van der Waals surface area contributed by atoms with E-state index in [1.165, 1.54) is 6.42 Å². The summed E-state index contributed by atoms with van der Waals surface area (Å²) in [6.45, 7) is 10.4. The number of anilines is 1. The molecule has 3 heterocycles. The average molecular weight is 316 g/mol. The smallest absolute Gasteiger partial charge is 0.255 e. The largest absolute Gasteiger partial charge is 0.354 e. The molecule has 126 valence electrons. The van der Waals surface area contributed by atoms with Gasteiger partial charge in [-0.05, 0) is 45.2 Å². The minimum Gasteiger partial charge on any atom is -0.354 e. The van der Waals surface area contributed by atoms with Crippen molar-refractivity contribution < 1.29 is 4.79 Å². The fraction of sp³-hybridized carbons (Fsp3) is 0.667. The molecule has 0 N–H and O–H groups in total. The molecule has 1 aromatic rings. The Balaban J connectivity index is 1.60. The number of amides is 1. The first-order valence-corrected chi connectivity index (χ1v) is 8.89. The van der Waals surface area contributed by atoms with Crippen LogP contribution in [0.5, 0.6) is 0 Å². The summed E-state index contributed by atoms with van der Waals surface area (Å²) >= 11 is 0. The molecule has 2 saturated heterocycles. The molecule has 0 saturated carbocycles. The molecule has 1 amide bonds. The lowest BCUT2D eigenvalue weighted by Crippen LogP contribution is -2.49. The highest BCUT2D eigenvalue weighted by atomic mass is 16.2. The number of carbonyl (C=O) groups excluding carboxylic acids is 1. The fourth-order valence-corrected chi connectivity index (χ4v) is 3.45. The third-order valence-corrected chi connectivity index (χ3v) is 5.01. The van der Waals surface area contributed by atoms with E-state index >= 15 is 0 Å². The molecule has 5 nitrogen and oxygen atoms in total. The summed E-state index contributed by atoms with van der Waals surface area (Å²) in [6, 6.07) is 4.55. The molecule has 3 rings (SSSR count). The van der Waals surface area contributed by atoms with Gasteiger partial charge in [0.1, 0.15) is 5.82 Å². The molecular weight excluding hydrogens is 288 g/mol. The highest BCUT2D eigenvalue weighted by molar-refractivity contribution is 5.94. The zero-order valence-electron chi connectivity index (χ0n) is 14.4. The van der Waals surface area contributed by atoms with Gasteiger partial charge in [0.25, 0.3) is 5.91 Å². The molecule has 0 aliphatic carbocycles. The molecule has 0 atom stereocenters. The normalized spacial score (nSPS) is 20.1. The molecule has 0 spiro atoms. The van der Waals surface area contributed by atoms with Crippen molar-refractivity contribution in [2.75, 3.05) is 44.2 Å². The van der Waals surface area contributed by atoms with Crippen LogP contribution in [0.15, 0.2) is 18.3 Å². The molecule has 1 aromatic heterocycles. The van der Waals surface area contributed by atoms with Crippen LogP contribution in [0.3, 0.4) is 0 Å². The Morgan fingerprint density at radius 2 is 1.70 bits per heavy atom. The van der Waals surface area contributed by atoms with Gasteiger partial charge in [-0.1, -0.05) is 0 Å². The Hall–Kier alpha value is -1.62. The Morgan fingerprint density at radius 1 is 1.00 bits per heavy atom. The van der Waals surface area contributed by atoms with Crippen LogP contribution in [-0.4, -0.2) is 66.0 Å². The van der Waals surface area contributed by atoms with Gasteiger partial charge in [-0.15, -0.1) is 0 Å². The fourth-order valence-electron chi connectivity index (χ4n) is 3.45. The molecule has 5 heteroatoms. The number of piperazine rings is 1. The topological polar surface area (TPSA) is 39.7 Å². The minimum absolute atomic E-state index is 0.133. The lowest BCUT2D eigenvalue weighted by Gasteiger charge is -2.37. The summed E-state index contributed by atoms with van der Waals surface area (Å²) in [6.07, 6.45) is 5.24. The van der Waals surface area contributed by atoms with E-state index < -0.39 is 0 Å². The molecule has 0 bridgehead atoms. The number of likely N-dealkylation sites (tertiary alicyclic amines) is 1. The molecule has 2 fully saturated rings. The number of hydrogen-bond acceptors (Lipinski definition) is 4. The molecule has 23 heavy (non-hydrogen) atoms. The highest BCUT2D eigenvalue weighted by Gasteiger charge is 2.21. The van der Waals surface area contributed by atoms with Gasteiger partial charge in [-0.2, -0.15) is 0 Å². The van der Waals surface area contributed by atoms with E-state index in [4.69, 9.17) is 0 Å². The van der Waals surface area contributed by atoms with Gasteiger partial charge in [0.2, 0.25) is 0 Å². The van der Waals surface area contributed by atoms with Crippen molar-refractivity contribution in [3.8, 4) is 0 Å². The quantitative estimate of drug-likeness (QED) is 0.857. The van der Waals surface area contributed by atoms with Gasteiger partial charge in [0.15, 0.2) is 0 Å². The van der Waals surface area contributed by atoms with Crippen molar-refractivity contribution in [3.05, 3.63) is 23.9 Å². The molecular formula is C18H28N4O. The van der Waals surface area contributed by atoms with Crippen LogP contribution in [0.25, 0.3) is 0 Å². The van der Waals surface area contributed by atoms with Crippen LogP contribution in [0.1, 0.15) is 43.5 Å². The van der Waals surface area contributed by atoms with Gasteiger partial charge in [0.05, 0.1) is 5.56 Å². The number of carbonyl (C=O) groups is 1. The van der Waals surface area contributed by atoms with E-state index in [0.717, 1.165) is 63.5 Å². The summed E-state index contributed by atoms with van der Waals surface area (Å²) < 4.78 is 0. The first-order chi connectivity index (χ1) is 11.1. The summed E-state index contributed by atoms with van der Waals surface area (Å²) in [5.74, 6) is 1.12. The number of aromatic nitrogens is 1. The summed E-state index contributed by atoms with van der Waals surface area (Å²) in [4.78, 5) is 23.8. The molecule has 2 aliphatic heterocycles. The average Bonchev–Trinajstić information content (AvgIpc) is 2.62. The van der Waals surface area contributed by atoms with E-state index in [1.54, 1.807) is 6.20 Å². The van der Waals surface area contributed by atoms with Crippen molar-refractivity contribution in [3.63, 3.8) is 0 Å². The van der Waals surface area contributed by atoms with Crippen LogP contribution in [0.4, 0.5) is 5.82 Å². The van der Waals surface area contributed by atoms with Gasteiger partial charge in [0, 0.05) is 51.5 Å². The number of piperidine rings is 1. The van der Waals surface area contributed by atoms with Crippen LogP contribution < -0.4 is 4.90 Å². The van der Waals surface area contributed by atoms with Crippen molar-refractivity contribution >= 4 is 11.7 Å². The van der Waals surface area contributed by atoms with Crippen LogP contribution in [0.2, 0.25) is 0 Å². The van der Waals surface area contributed by atoms with E-state index in [1.807, 2.05) is 17.0 Å². The van der Waals surface area contributed by atoms with E-state index in [2.05, 4.69) is 28.6 Å². The minimum atomic E-state index is 0.133. The first-order valence-electron chi connectivity index (χ1n) is 8.89. The lowest BCUT2D eigenvalue weighted by molar-refractivity contribution is 0.0724. The number of rotatable bonds is 3. The Labute approximate surface area is 139 Å². The van der Waals surface area contributed by atoms with E-state index in [-0.39, 0.29) is 5.91 Å². The second-order valence-electron chi connectivity index (χ2n) is 6.87. The Morgan fingerprint density at radius 3 is 2.26 bits per heavy atom. The predicted octanol–water partition coefficient (Wildman–Crippen LogP) is 2.24. The summed E-state index contributed by atoms with van der Waals surface area (Å²) in [5, 5.41) is 0. The number of pyridine rings is 1. The first kappa shape index (κ1) is 16.2. The summed E-state index contributed by atoms with van der Waals surface area (Å²) in [7, 11) is 0. The third kappa shape index (κ3) is 3.83. The maximum atomic E-state index is 12.5. The highest BCUT2D eigenvalue weighted by Crippen LogP contribution is 2.17. The SMILES string of the molecule is CC(C)N1CCN(c2ccc(C(=O)N3CCCCC3)cn2)CC1. The van der Waals surface area contributed by atoms with Gasteiger partial charge in [-0.25, -0.2) is 4.98 Å². The number of hydrogen-bond donors (Lipinski definition) is 0. The van der Waals surface area contributed by atoms with Crippen molar-refractivity contribution in [2.24, 2.45) is 0 Å². The van der Waals surface area contributed by atoms with Crippen molar-refractivity contribution in [1.29, 1.82) is 0 Å². The summed E-state index contributed by atoms with van der Waals surface area (Å²) in [5.41, 5.74) is 0.719. The second kappa shape index (κ2) is 7.30. The van der Waals surface area contributed by atoms with E-state index in [0.29, 0.717) is 6.04 Å².